The number of fused-ring (bicyclic) bond motifs is 3. The minimum Gasteiger partial charge on any atom is -0.454 e. The number of pyridine rings is 1. The Hall–Kier alpha value is -2.47. The van der Waals surface area contributed by atoms with Gasteiger partial charge in [0.1, 0.15) is 11.5 Å². The van der Waals surface area contributed by atoms with Gasteiger partial charge in [-0.25, -0.2) is 4.98 Å². The van der Waals surface area contributed by atoms with Crippen LogP contribution in [0.3, 0.4) is 0 Å². The van der Waals surface area contributed by atoms with E-state index in [2.05, 4.69) is 34.4 Å². The summed E-state index contributed by atoms with van der Waals surface area (Å²) in [5, 5.41) is 8.05. The van der Waals surface area contributed by atoms with Gasteiger partial charge in [0, 0.05) is 30.7 Å². The summed E-state index contributed by atoms with van der Waals surface area (Å²) in [5.74, 6) is 2.45. The van der Waals surface area contributed by atoms with Gasteiger partial charge in [-0.2, -0.15) is 0 Å². The van der Waals surface area contributed by atoms with Gasteiger partial charge < -0.3 is 24.7 Å². The van der Waals surface area contributed by atoms with Crippen LogP contribution in [0.2, 0.25) is 0 Å². The molecule has 6 heteroatoms. The Morgan fingerprint density at radius 2 is 2.15 bits per heavy atom. The third-order valence-corrected chi connectivity index (χ3v) is 5.36. The first-order chi connectivity index (χ1) is 12.7. The van der Waals surface area contributed by atoms with Gasteiger partial charge >= 0.3 is 0 Å². The standard InChI is InChI=1S/C20H26N4O2/c1-4-17-18(26-12-25-17)9-10-22-19-8-6-14-15-11-13(21-2)5-7-16(15)24(3)20(14)23-19/h4,6,8-9,13,21H,5,7,10-12H2,1-3H3,(H,22,23)/b17-4+,18-9+. The number of aryl methyl sites for hydroxylation is 1. The molecule has 1 fully saturated rings. The molecule has 138 valence electrons. The summed E-state index contributed by atoms with van der Waals surface area (Å²) in [7, 11) is 4.18. The van der Waals surface area contributed by atoms with Gasteiger partial charge in [0.2, 0.25) is 6.79 Å². The maximum absolute atomic E-state index is 5.46. The Bertz CT molecular complexity index is 882. The number of likely N-dealkylation sites (N-methyl/N-ethyl adjacent to an activating group) is 1. The van der Waals surface area contributed by atoms with Crippen molar-refractivity contribution in [2.45, 2.75) is 32.2 Å². The zero-order chi connectivity index (χ0) is 18.1. The van der Waals surface area contributed by atoms with Crippen molar-refractivity contribution in [2.75, 3.05) is 25.7 Å². The largest absolute Gasteiger partial charge is 0.454 e. The molecule has 2 aliphatic rings. The van der Waals surface area contributed by atoms with Crippen molar-refractivity contribution < 1.29 is 9.47 Å². The van der Waals surface area contributed by atoms with E-state index in [0.717, 1.165) is 35.8 Å². The van der Waals surface area contributed by atoms with Crippen LogP contribution in [0.25, 0.3) is 11.0 Å². The van der Waals surface area contributed by atoms with Gasteiger partial charge in [0.25, 0.3) is 0 Å². The molecule has 0 aromatic carbocycles. The van der Waals surface area contributed by atoms with Crippen molar-refractivity contribution in [1.29, 1.82) is 0 Å². The summed E-state index contributed by atoms with van der Waals surface area (Å²) in [6, 6.07) is 4.82. The normalized spacial score (nSPS) is 22.5. The Morgan fingerprint density at radius 1 is 1.31 bits per heavy atom. The summed E-state index contributed by atoms with van der Waals surface area (Å²) in [5.41, 5.74) is 3.93. The highest BCUT2D eigenvalue weighted by Gasteiger charge is 2.24. The molecule has 1 unspecified atom stereocenters. The molecule has 1 aliphatic heterocycles. The number of anilines is 1. The van der Waals surface area contributed by atoms with Crippen LogP contribution in [0.1, 0.15) is 24.6 Å². The number of allylic oxidation sites excluding steroid dienone is 1. The lowest BCUT2D eigenvalue weighted by Gasteiger charge is -2.22. The second kappa shape index (κ2) is 7.03. The number of nitrogens with one attached hydrogen (secondary N) is 2. The van der Waals surface area contributed by atoms with E-state index in [4.69, 9.17) is 14.5 Å². The Labute approximate surface area is 153 Å². The first-order valence-electron chi connectivity index (χ1n) is 9.22. The maximum atomic E-state index is 5.46. The molecule has 0 saturated carbocycles. The lowest BCUT2D eigenvalue weighted by Crippen LogP contribution is -2.31. The molecule has 26 heavy (non-hydrogen) atoms. The zero-order valence-corrected chi connectivity index (χ0v) is 15.6. The number of nitrogens with zero attached hydrogens (tertiary/aromatic N) is 2. The zero-order valence-electron chi connectivity index (χ0n) is 15.6. The predicted molar refractivity (Wildman–Crippen MR) is 103 cm³/mol. The molecular weight excluding hydrogens is 328 g/mol. The Kier molecular flexibility index (Phi) is 4.59. The number of hydrogen-bond donors (Lipinski definition) is 2. The molecule has 1 aliphatic carbocycles. The second-order valence-electron chi connectivity index (χ2n) is 6.79. The molecule has 0 radical (unpaired) electrons. The highest BCUT2D eigenvalue weighted by atomic mass is 16.7. The molecule has 6 nitrogen and oxygen atoms in total. The monoisotopic (exact) mass is 354 g/mol. The fourth-order valence-corrected chi connectivity index (χ4v) is 3.91. The van der Waals surface area contributed by atoms with E-state index in [1.165, 1.54) is 23.1 Å². The molecule has 0 amide bonds. The maximum Gasteiger partial charge on any atom is 0.231 e. The van der Waals surface area contributed by atoms with E-state index in [0.29, 0.717) is 12.6 Å². The lowest BCUT2D eigenvalue weighted by atomic mass is 9.92. The minimum absolute atomic E-state index is 0.290. The third-order valence-electron chi connectivity index (χ3n) is 5.36. The van der Waals surface area contributed by atoms with Crippen LogP contribution in [0.5, 0.6) is 0 Å². The molecule has 1 saturated heterocycles. The summed E-state index contributed by atoms with van der Waals surface area (Å²) >= 11 is 0. The van der Waals surface area contributed by atoms with Crippen molar-refractivity contribution in [1.82, 2.24) is 14.9 Å². The molecule has 4 rings (SSSR count). The summed E-state index contributed by atoms with van der Waals surface area (Å²) in [6.07, 6.45) is 7.26. The topological polar surface area (TPSA) is 60.3 Å². The molecule has 3 heterocycles. The van der Waals surface area contributed by atoms with Gasteiger partial charge in [0.15, 0.2) is 11.5 Å². The van der Waals surface area contributed by atoms with Crippen LogP contribution in [0, 0.1) is 0 Å². The van der Waals surface area contributed by atoms with Crippen molar-refractivity contribution >= 4 is 16.9 Å². The van der Waals surface area contributed by atoms with Crippen LogP contribution in [0.15, 0.2) is 35.8 Å². The average Bonchev–Trinajstić information content (AvgIpc) is 3.24. The third kappa shape index (κ3) is 2.94. The van der Waals surface area contributed by atoms with Crippen molar-refractivity contribution in [3.63, 3.8) is 0 Å². The van der Waals surface area contributed by atoms with E-state index in [9.17, 15) is 0 Å². The van der Waals surface area contributed by atoms with E-state index >= 15 is 0 Å². The van der Waals surface area contributed by atoms with Crippen LogP contribution < -0.4 is 10.6 Å². The van der Waals surface area contributed by atoms with E-state index in [1.54, 1.807) is 0 Å². The van der Waals surface area contributed by atoms with E-state index in [1.807, 2.05) is 26.1 Å². The smallest absolute Gasteiger partial charge is 0.231 e. The van der Waals surface area contributed by atoms with Crippen LogP contribution in [-0.4, -0.2) is 36.0 Å². The van der Waals surface area contributed by atoms with Crippen molar-refractivity contribution in [3.05, 3.63) is 47.1 Å². The summed E-state index contributed by atoms with van der Waals surface area (Å²) in [4.78, 5) is 4.85. The number of aromatic nitrogens is 2. The molecule has 2 aromatic rings. The highest BCUT2D eigenvalue weighted by Crippen LogP contribution is 2.31. The quantitative estimate of drug-likeness (QED) is 0.884. The Balaban J connectivity index is 1.55. The predicted octanol–water partition coefficient (Wildman–Crippen LogP) is 2.85. The fraction of sp³-hybridized carbons (Fsp3) is 0.450. The molecule has 0 spiro atoms. The van der Waals surface area contributed by atoms with Crippen molar-refractivity contribution in [2.24, 2.45) is 7.05 Å². The highest BCUT2D eigenvalue weighted by molar-refractivity contribution is 5.84. The average molecular weight is 354 g/mol. The van der Waals surface area contributed by atoms with Gasteiger partial charge in [-0.05, 0) is 63.1 Å². The van der Waals surface area contributed by atoms with Gasteiger partial charge in [-0.3, -0.25) is 0 Å². The summed E-state index contributed by atoms with van der Waals surface area (Å²) < 4.78 is 13.1. The molecule has 2 N–H and O–H groups in total. The van der Waals surface area contributed by atoms with Gasteiger partial charge in [-0.1, -0.05) is 0 Å². The van der Waals surface area contributed by atoms with Crippen molar-refractivity contribution in [3.8, 4) is 0 Å². The number of rotatable bonds is 4. The molecule has 2 aromatic heterocycles. The van der Waals surface area contributed by atoms with E-state index < -0.39 is 0 Å². The van der Waals surface area contributed by atoms with Crippen LogP contribution >= 0.6 is 0 Å². The molecular formula is C20H26N4O2. The fourth-order valence-electron chi connectivity index (χ4n) is 3.91. The first-order valence-corrected chi connectivity index (χ1v) is 9.22. The minimum atomic E-state index is 0.290. The Morgan fingerprint density at radius 3 is 2.96 bits per heavy atom. The molecule has 0 bridgehead atoms. The van der Waals surface area contributed by atoms with Gasteiger partial charge in [-0.15, -0.1) is 0 Å². The lowest BCUT2D eigenvalue weighted by molar-refractivity contribution is 0.0974. The number of hydrogen-bond acceptors (Lipinski definition) is 5. The second-order valence-corrected chi connectivity index (χ2v) is 6.79. The summed E-state index contributed by atoms with van der Waals surface area (Å²) in [6.45, 7) is 2.87. The van der Waals surface area contributed by atoms with Crippen LogP contribution in [0.4, 0.5) is 5.82 Å². The first kappa shape index (κ1) is 17.0. The SMILES string of the molecule is C/C=C1/OCO/C1=C/CNc1ccc2c3c(n(C)c2n1)CCC(NC)C3. The number of ether oxygens (including phenoxy) is 2. The van der Waals surface area contributed by atoms with Crippen LogP contribution in [-0.2, 0) is 29.4 Å². The molecule has 1 atom stereocenters. The van der Waals surface area contributed by atoms with E-state index in [-0.39, 0.29) is 6.79 Å². The van der Waals surface area contributed by atoms with Gasteiger partial charge in [0.05, 0.1) is 0 Å².